The van der Waals surface area contributed by atoms with Crippen LogP contribution in [0.3, 0.4) is 0 Å². The molecule has 1 heterocycles. The molecule has 2 aromatic rings. The van der Waals surface area contributed by atoms with Crippen molar-refractivity contribution in [1.82, 2.24) is 5.27 Å². The normalized spacial score (nSPS) is 10.6. The zero-order chi connectivity index (χ0) is 14.7. The lowest BCUT2D eigenvalue weighted by atomic mass is 10.3. The van der Waals surface area contributed by atoms with Crippen molar-refractivity contribution < 1.29 is 18.4 Å². The molecule has 6 nitrogen and oxygen atoms in total. The van der Waals surface area contributed by atoms with Gasteiger partial charge in [-0.05, 0) is 35.2 Å². The zero-order valence-electron chi connectivity index (χ0n) is 10.3. The topological polar surface area (TPSA) is 79.0 Å². The highest BCUT2D eigenvalue weighted by Gasteiger charge is 2.19. The fourth-order valence-corrected chi connectivity index (χ4v) is 2.30. The van der Waals surface area contributed by atoms with Crippen molar-refractivity contribution in [3.8, 4) is 0 Å². The third-order valence-electron chi connectivity index (χ3n) is 2.30. The van der Waals surface area contributed by atoms with Gasteiger partial charge >= 0.3 is 10.7 Å². The summed E-state index contributed by atoms with van der Waals surface area (Å²) in [7, 11) is 1.59. The maximum absolute atomic E-state index is 13.0. The summed E-state index contributed by atoms with van der Waals surface area (Å²) in [5.74, 6) is -0.903. The smallest absolute Gasteiger partial charge is 0.325 e. The first-order chi connectivity index (χ1) is 9.47. The minimum atomic E-state index is -0.559. The van der Waals surface area contributed by atoms with Gasteiger partial charge in [0.2, 0.25) is 5.91 Å². The molecule has 0 saturated carbocycles. The van der Waals surface area contributed by atoms with Crippen molar-refractivity contribution in [2.45, 2.75) is 5.03 Å². The number of aryl methyl sites for hydroxylation is 1. The summed E-state index contributed by atoms with van der Waals surface area (Å²) in [4.78, 5) is 23.0. The van der Waals surface area contributed by atoms with Crippen LogP contribution in [0, 0.1) is 5.82 Å². The van der Waals surface area contributed by atoms with E-state index in [1.807, 2.05) is 0 Å². The number of benzene rings is 1. The number of aromatic nitrogens is 2. The van der Waals surface area contributed by atoms with E-state index in [4.69, 9.17) is 11.6 Å². The molecule has 0 fully saturated rings. The third-order valence-corrected chi connectivity index (χ3v) is 3.71. The molecular formula is C11H10ClFN3O3S+. The van der Waals surface area contributed by atoms with Gasteiger partial charge in [0, 0.05) is 5.69 Å². The number of hydrogen-bond acceptors (Lipinski definition) is 4. The lowest BCUT2D eigenvalue weighted by Gasteiger charge is -2.04. The van der Waals surface area contributed by atoms with Gasteiger partial charge in [-0.3, -0.25) is 9.32 Å². The number of rotatable bonds is 4. The van der Waals surface area contributed by atoms with Crippen LogP contribution in [-0.4, -0.2) is 16.9 Å². The third kappa shape index (κ3) is 3.40. The molecular weight excluding hydrogens is 309 g/mol. The Bertz CT molecular complexity index is 700. The number of thioether (sulfide) groups is 1. The number of hydrogen-bond donors (Lipinski definition) is 2. The van der Waals surface area contributed by atoms with E-state index in [1.165, 1.54) is 16.8 Å². The fraction of sp³-hybridized carbons (Fsp3) is 0.182. The van der Waals surface area contributed by atoms with Gasteiger partial charge in [0.1, 0.15) is 5.82 Å². The predicted molar refractivity (Wildman–Crippen MR) is 71.3 cm³/mol. The van der Waals surface area contributed by atoms with Crippen molar-refractivity contribution >= 4 is 35.0 Å². The Hall–Kier alpha value is -1.80. The SMILES string of the molecule is C[n+]1[nH]oc(=O)c1SCC(=O)Nc1ccc(F)c(Cl)c1. The van der Waals surface area contributed by atoms with E-state index >= 15 is 0 Å². The number of halogens is 2. The van der Waals surface area contributed by atoms with Crippen LogP contribution in [0.25, 0.3) is 0 Å². The first kappa shape index (κ1) is 14.6. The summed E-state index contributed by atoms with van der Waals surface area (Å²) >= 11 is 6.63. The quantitative estimate of drug-likeness (QED) is 0.658. The van der Waals surface area contributed by atoms with Gasteiger partial charge in [-0.1, -0.05) is 16.3 Å². The summed E-state index contributed by atoms with van der Waals surface area (Å²) in [6.45, 7) is 0. The number of H-pyrrole nitrogens is 1. The second-order valence-corrected chi connectivity index (χ2v) is 5.18. The highest BCUT2D eigenvalue weighted by molar-refractivity contribution is 7.99. The molecule has 0 aliphatic carbocycles. The largest absolute Gasteiger partial charge is 0.441 e. The molecule has 9 heteroatoms. The van der Waals surface area contributed by atoms with E-state index in [9.17, 15) is 14.0 Å². The molecule has 0 aliphatic rings. The highest BCUT2D eigenvalue weighted by atomic mass is 35.5. The van der Waals surface area contributed by atoms with Gasteiger partial charge in [-0.2, -0.15) is 0 Å². The van der Waals surface area contributed by atoms with Crippen LogP contribution in [0.1, 0.15) is 0 Å². The van der Waals surface area contributed by atoms with Crippen molar-refractivity contribution in [3.05, 3.63) is 39.5 Å². The molecule has 0 saturated heterocycles. The molecule has 1 aromatic heterocycles. The average molecular weight is 319 g/mol. The Kier molecular flexibility index (Phi) is 4.46. The molecule has 1 aromatic carbocycles. The second kappa shape index (κ2) is 6.10. The van der Waals surface area contributed by atoms with E-state index in [2.05, 4.69) is 15.1 Å². The molecule has 0 unspecified atom stereocenters. The Labute approximate surface area is 121 Å². The number of carbonyl (C=O) groups is 1. The number of nitrogens with zero attached hydrogens (tertiary/aromatic N) is 1. The van der Waals surface area contributed by atoms with E-state index < -0.39 is 11.4 Å². The van der Waals surface area contributed by atoms with Gasteiger partial charge < -0.3 is 5.32 Å². The molecule has 20 heavy (non-hydrogen) atoms. The van der Waals surface area contributed by atoms with Gasteiger partial charge in [0.25, 0.3) is 0 Å². The minimum absolute atomic E-state index is 0.00541. The Balaban J connectivity index is 1.96. The lowest BCUT2D eigenvalue weighted by Crippen LogP contribution is -2.34. The standard InChI is InChI=1S/C11H9ClFN3O3S/c1-16-10(11(18)19-15-16)20-5-9(17)14-6-2-3-8(13)7(12)4-6/h2-4H,5H2,1H3,(H-,14,15,17,18)/p+1. The second-order valence-electron chi connectivity index (χ2n) is 3.81. The first-order valence-electron chi connectivity index (χ1n) is 5.42. The van der Waals surface area contributed by atoms with Crippen molar-refractivity contribution in [2.24, 2.45) is 7.05 Å². The number of amides is 1. The number of carbonyl (C=O) groups excluding carboxylic acids is 1. The van der Waals surface area contributed by atoms with Gasteiger partial charge in [0.15, 0.2) is 7.05 Å². The first-order valence-corrected chi connectivity index (χ1v) is 6.79. The molecule has 0 spiro atoms. The van der Waals surface area contributed by atoms with Crippen LogP contribution in [-0.2, 0) is 11.8 Å². The van der Waals surface area contributed by atoms with Gasteiger partial charge in [-0.25, -0.2) is 9.18 Å². The maximum atomic E-state index is 13.0. The molecule has 0 atom stereocenters. The number of anilines is 1. The molecule has 1 amide bonds. The molecule has 2 rings (SSSR count). The van der Waals surface area contributed by atoms with Gasteiger partial charge in [0.05, 0.1) is 10.8 Å². The van der Waals surface area contributed by atoms with Crippen LogP contribution >= 0.6 is 23.4 Å². The summed E-state index contributed by atoms with van der Waals surface area (Å²) in [6.07, 6.45) is 0. The molecule has 2 N–H and O–H groups in total. The molecule has 106 valence electrons. The predicted octanol–water partition coefficient (Wildman–Crippen LogP) is 1.32. The Morgan fingerprint density at radius 3 is 2.95 bits per heavy atom. The van der Waals surface area contributed by atoms with Crippen molar-refractivity contribution in [2.75, 3.05) is 11.1 Å². The monoisotopic (exact) mass is 318 g/mol. The van der Waals surface area contributed by atoms with Crippen LogP contribution in [0.4, 0.5) is 10.1 Å². The Morgan fingerprint density at radius 1 is 1.60 bits per heavy atom. The summed E-state index contributed by atoms with van der Waals surface area (Å²) in [5, 5.41) is 5.09. The summed E-state index contributed by atoms with van der Waals surface area (Å²) in [5.41, 5.74) is -0.164. The maximum Gasteiger partial charge on any atom is 0.441 e. The number of aromatic amines is 1. The van der Waals surface area contributed by atoms with Crippen LogP contribution in [0.5, 0.6) is 0 Å². The summed E-state index contributed by atoms with van der Waals surface area (Å²) < 4.78 is 18.9. The minimum Gasteiger partial charge on any atom is -0.325 e. The van der Waals surface area contributed by atoms with Crippen LogP contribution < -0.4 is 15.6 Å². The van der Waals surface area contributed by atoms with E-state index in [0.29, 0.717) is 5.69 Å². The Morgan fingerprint density at radius 2 is 2.35 bits per heavy atom. The highest BCUT2D eigenvalue weighted by Crippen LogP contribution is 2.19. The average Bonchev–Trinajstić information content (AvgIpc) is 2.71. The van der Waals surface area contributed by atoms with Gasteiger partial charge in [-0.15, -0.1) is 0 Å². The van der Waals surface area contributed by atoms with Crippen molar-refractivity contribution in [3.63, 3.8) is 0 Å². The van der Waals surface area contributed by atoms with E-state index in [-0.39, 0.29) is 21.7 Å². The van der Waals surface area contributed by atoms with E-state index in [1.54, 1.807) is 7.05 Å². The lowest BCUT2D eigenvalue weighted by molar-refractivity contribution is -0.772. The van der Waals surface area contributed by atoms with Crippen molar-refractivity contribution in [1.29, 1.82) is 0 Å². The fourth-order valence-electron chi connectivity index (χ4n) is 1.39. The summed E-state index contributed by atoms with van der Waals surface area (Å²) in [6, 6.07) is 3.87. The molecule has 0 bridgehead atoms. The molecule has 0 radical (unpaired) electrons. The zero-order valence-corrected chi connectivity index (χ0v) is 11.8. The van der Waals surface area contributed by atoms with Crippen LogP contribution in [0.15, 0.2) is 32.5 Å². The number of nitrogens with one attached hydrogen (secondary N) is 2. The molecule has 0 aliphatic heterocycles. The van der Waals surface area contributed by atoms with E-state index in [0.717, 1.165) is 17.8 Å². The van der Waals surface area contributed by atoms with Crippen LogP contribution in [0.2, 0.25) is 5.02 Å².